The van der Waals surface area contributed by atoms with Crippen LogP contribution in [0.2, 0.25) is 0 Å². The van der Waals surface area contributed by atoms with Crippen molar-refractivity contribution in [3.05, 3.63) is 95.8 Å². The normalized spacial score (nSPS) is 15.3. The molecule has 3 heterocycles. The average molecular weight is 504 g/mol. The highest BCUT2D eigenvalue weighted by molar-refractivity contribution is 5.91. The number of amides is 1. The number of nitrogens with zero attached hydrogens (tertiary/aromatic N) is 3. The molecule has 0 aliphatic carbocycles. The standard InChI is InChI=1S/C29H30FN3O4/c1-20(2)27-25(19-32(18-24-13-7-15-35-24)28(34)26-14-8-16-36-26)29(37-23-12-6-9-21(30)17-23)33(31-27)22-10-4-3-5-11-22/h3-6,8-12,14,16-17,20,24H,7,13,15,18-19H2,1-2H3. The van der Waals surface area contributed by atoms with Crippen molar-refractivity contribution in [2.45, 2.75) is 45.3 Å². The van der Waals surface area contributed by atoms with Crippen molar-refractivity contribution in [2.75, 3.05) is 13.2 Å². The smallest absolute Gasteiger partial charge is 0.289 e. The topological polar surface area (TPSA) is 69.7 Å². The summed E-state index contributed by atoms with van der Waals surface area (Å²) >= 11 is 0. The van der Waals surface area contributed by atoms with Gasteiger partial charge in [-0.15, -0.1) is 0 Å². The Balaban J connectivity index is 1.60. The second-order valence-corrected chi connectivity index (χ2v) is 9.43. The largest absolute Gasteiger partial charge is 0.459 e. The summed E-state index contributed by atoms with van der Waals surface area (Å²) < 4.78 is 33.4. The first-order valence-electron chi connectivity index (χ1n) is 12.5. The van der Waals surface area contributed by atoms with Gasteiger partial charge in [0.15, 0.2) is 5.76 Å². The molecule has 37 heavy (non-hydrogen) atoms. The highest BCUT2D eigenvalue weighted by Gasteiger charge is 2.30. The monoisotopic (exact) mass is 503 g/mol. The first kappa shape index (κ1) is 24.8. The second kappa shape index (κ2) is 11.0. The summed E-state index contributed by atoms with van der Waals surface area (Å²) in [5.74, 6) is 0.438. The number of carbonyl (C=O) groups is 1. The van der Waals surface area contributed by atoms with Gasteiger partial charge in [-0.2, -0.15) is 5.10 Å². The van der Waals surface area contributed by atoms with Crippen molar-refractivity contribution < 1.29 is 23.1 Å². The number of hydrogen-bond acceptors (Lipinski definition) is 5. The van der Waals surface area contributed by atoms with Crippen LogP contribution in [0.5, 0.6) is 11.6 Å². The lowest BCUT2D eigenvalue weighted by Gasteiger charge is -2.25. The molecule has 2 aromatic carbocycles. The van der Waals surface area contributed by atoms with E-state index in [1.54, 1.807) is 33.8 Å². The Bertz CT molecular complexity index is 1330. The molecule has 8 heteroatoms. The lowest BCUT2D eigenvalue weighted by Crippen LogP contribution is -2.37. The average Bonchev–Trinajstić information content (AvgIpc) is 3.67. The van der Waals surface area contributed by atoms with Gasteiger partial charge in [0.25, 0.3) is 5.91 Å². The van der Waals surface area contributed by atoms with Crippen molar-refractivity contribution in [1.29, 1.82) is 0 Å². The minimum atomic E-state index is -0.401. The van der Waals surface area contributed by atoms with E-state index >= 15 is 0 Å². The molecule has 0 N–H and O–H groups in total. The Labute approximate surface area is 215 Å². The molecule has 1 aliphatic heterocycles. The zero-order valence-electron chi connectivity index (χ0n) is 21.0. The number of rotatable bonds is 9. The SMILES string of the molecule is CC(C)c1nn(-c2ccccc2)c(Oc2cccc(F)c2)c1CN(CC1CCCO1)C(=O)c1ccco1. The maximum atomic E-state index is 14.0. The highest BCUT2D eigenvalue weighted by Crippen LogP contribution is 2.35. The zero-order valence-corrected chi connectivity index (χ0v) is 21.0. The third kappa shape index (κ3) is 5.59. The van der Waals surface area contributed by atoms with E-state index in [0.29, 0.717) is 24.8 Å². The van der Waals surface area contributed by atoms with E-state index in [1.165, 1.54) is 18.4 Å². The maximum Gasteiger partial charge on any atom is 0.289 e. The third-order valence-corrected chi connectivity index (χ3v) is 6.34. The summed E-state index contributed by atoms with van der Waals surface area (Å²) in [6, 6.07) is 19.0. The Kier molecular flexibility index (Phi) is 7.37. The third-order valence-electron chi connectivity index (χ3n) is 6.34. The van der Waals surface area contributed by atoms with E-state index in [-0.39, 0.29) is 30.2 Å². The van der Waals surface area contributed by atoms with Gasteiger partial charge in [-0.1, -0.05) is 38.1 Å². The van der Waals surface area contributed by atoms with E-state index in [9.17, 15) is 9.18 Å². The van der Waals surface area contributed by atoms with Crippen LogP contribution in [0.25, 0.3) is 5.69 Å². The van der Waals surface area contributed by atoms with Gasteiger partial charge in [-0.3, -0.25) is 4.79 Å². The fraction of sp³-hybridized carbons (Fsp3) is 0.310. The van der Waals surface area contributed by atoms with E-state index in [1.807, 2.05) is 44.2 Å². The summed E-state index contributed by atoms with van der Waals surface area (Å²) in [4.78, 5) is 15.3. The van der Waals surface area contributed by atoms with Crippen LogP contribution in [0, 0.1) is 5.82 Å². The maximum absolute atomic E-state index is 14.0. The Morgan fingerprint density at radius 1 is 1.16 bits per heavy atom. The number of para-hydroxylation sites is 1. The number of furan rings is 1. The van der Waals surface area contributed by atoms with Gasteiger partial charge in [0, 0.05) is 19.2 Å². The van der Waals surface area contributed by atoms with E-state index < -0.39 is 5.82 Å². The van der Waals surface area contributed by atoms with Crippen LogP contribution in [-0.2, 0) is 11.3 Å². The summed E-state index contributed by atoms with van der Waals surface area (Å²) in [7, 11) is 0. The molecule has 1 amide bonds. The van der Waals surface area contributed by atoms with Gasteiger partial charge in [-0.05, 0) is 55.2 Å². The second-order valence-electron chi connectivity index (χ2n) is 9.43. The van der Waals surface area contributed by atoms with Gasteiger partial charge >= 0.3 is 0 Å². The lowest BCUT2D eigenvalue weighted by atomic mass is 10.0. The number of carbonyl (C=O) groups excluding carboxylic acids is 1. The molecule has 1 aliphatic rings. The van der Waals surface area contributed by atoms with Crippen molar-refractivity contribution in [2.24, 2.45) is 0 Å². The Morgan fingerprint density at radius 3 is 2.68 bits per heavy atom. The molecular formula is C29H30FN3O4. The fourth-order valence-corrected chi connectivity index (χ4v) is 4.55. The molecule has 1 saturated heterocycles. The van der Waals surface area contributed by atoms with Gasteiger partial charge in [0.2, 0.25) is 5.88 Å². The predicted octanol–water partition coefficient (Wildman–Crippen LogP) is 6.34. The van der Waals surface area contributed by atoms with Crippen LogP contribution in [0.15, 0.2) is 77.4 Å². The van der Waals surface area contributed by atoms with Gasteiger partial charge in [0.1, 0.15) is 11.6 Å². The molecule has 4 aromatic rings. The van der Waals surface area contributed by atoms with Crippen LogP contribution in [-0.4, -0.2) is 39.8 Å². The highest BCUT2D eigenvalue weighted by atomic mass is 19.1. The van der Waals surface area contributed by atoms with Gasteiger partial charge in [0.05, 0.1) is 35.9 Å². The van der Waals surface area contributed by atoms with Crippen LogP contribution in [0.3, 0.4) is 0 Å². The van der Waals surface area contributed by atoms with Crippen molar-refractivity contribution >= 4 is 5.91 Å². The molecule has 1 unspecified atom stereocenters. The first-order valence-corrected chi connectivity index (χ1v) is 12.5. The Hall–Kier alpha value is -3.91. The molecule has 1 fully saturated rings. The minimum absolute atomic E-state index is 0.0399. The number of benzene rings is 2. The molecule has 0 spiro atoms. The molecule has 7 nitrogen and oxygen atoms in total. The predicted molar refractivity (Wildman–Crippen MR) is 137 cm³/mol. The van der Waals surface area contributed by atoms with Crippen molar-refractivity contribution in [1.82, 2.24) is 14.7 Å². The van der Waals surface area contributed by atoms with Crippen LogP contribution < -0.4 is 4.74 Å². The minimum Gasteiger partial charge on any atom is -0.459 e. The molecule has 0 radical (unpaired) electrons. The molecule has 2 aromatic heterocycles. The molecule has 0 bridgehead atoms. The zero-order chi connectivity index (χ0) is 25.8. The summed E-state index contributed by atoms with van der Waals surface area (Å²) in [6.07, 6.45) is 3.28. The Morgan fingerprint density at radius 2 is 2.00 bits per heavy atom. The number of aromatic nitrogens is 2. The van der Waals surface area contributed by atoms with Crippen molar-refractivity contribution in [3.8, 4) is 17.3 Å². The van der Waals surface area contributed by atoms with Crippen LogP contribution >= 0.6 is 0 Å². The molecular weight excluding hydrogens is 473 g/mol. The first-order chi connectivity index (χ1) is 18.0. The summed E-state index contributed by atoms with van der Waals surface area (Å²) in [5, 5.41) is 4.91. The quantitative estimate of drug-likeness (QED) is 0.267. The molecule has 5 rings (SSSR count). The van der Waals surface area contributed by atoms with Gasteiger partial charge in [-0.25, -0.2) is 9.07 Å². The van der Waals surface area contributed by atoms with Crippen molar-refractivity contribution in [3.63, 3.8) is 0 Å². The summed E-state index contributed by atoms with van der Waals surface area (Å²) in [6.45, 7) is 5.42. The van der Waals surface area contributed by atoms with E-state index in [4.69, 9.17) is 19.0 Å². The van der Waals surface area contributed by atoms with Gasteiger partial charge < -0.3 is 18.8 Å². The number of hydrogen-bond donors (Lipinski definition) is 0. The van der Waals surface area contributed by atoms with Crippen LogP contribution in [0.1, 0.15) is 54.4 Å². The molecule has 0 saturated carbocycles. The number of halogens is 1. The van der Waals surface area contributed by atoms with E-state index in [2.05, 4.69) is 0 Å². The van der Waals surface area contributed by atoms with E-state index in [0.717, 1.165) is 29.8 Å². The number of ether oxygens (including phenoxy) is 2. The summed E-state index contributed by atoms with van der Waals surface area (Å²) in [5.41, 5.74) is 2.34. The molecule has 192 valence electrons. The lowest BCUT2D eigenvalue weighted by molar-refractivity contribution is 0.0482. The fourth-order valence-electron chi connectivity index (χ4n) is 4.55. The molecule has 1 atom stereocenters. The van der Waals surface area contributed by atoms with Crippen LogP contribution in [0.4, 0.5) is 4.39 Å².